The molecule has 1 aliphatic rings. The van der Waals surface area contributed by atoms with Gasteiger partial charge in [0.1, 0.15) is 0 Å². The number of carbonyl (C=O) groups excluding carboxylic acids is 1. The molecule has 82 valence electrons. The van der Waals surface area contributed by atoms with Crippen molar-refractivity contribution >= 4 is 5.91 Å². The minimum atomic E-state index is -1.52. The summed E-state index contributed by atoms with van der Waals surface area (Å²) in [6, 6.07) is 3.47. The van der Waals surface area contributed by atoms with E-state index in [-0.39, 0.29) is 5.91 Å². The molecule has 1 N–H and O–H groups in total. The number of carbonyl (C=O) groups is 1. The van der Waals surface area contributed by atoms with Crippen LogP contribution in [0.25, 0.3) is 0 Å². The van der Waals surface area contributed by atoms with Crippen LogP contribution in [0.2, 0.25) is 0 Å². The zero-order valence-electron chi connectivity index (χ0n) is 8.97. The van der Waals surface area contributed by atoms with Crippen molar-refractivity contribution in [2.75, 3.05) is 13.6 Å². The van der Waals surface area contributed by atoms with Crippen molar-refractivity contribution in [2.24, 2.45) is 0 Å². The van der Waals surface area contributed by atoms with Crippen LogP contribution in [0.3, 0.4) is 0 Å². The Morgan fingerprint density at radius 2 is 2.19 bits per heavy atom. The minimum Gasteiger partial charge on any atom is -0.369 e. The van der Waals surface area contributed by atoms with Crippen molar-refractivity contribution in [3.63, 3.8) is 0 Å². The van der Waals surface area contributed by atoms with Gasteiger partial charge in [0.25, 0.3) is 5.91 Å². The van der Waals surface area contributed by atoms with Crippen LogP contribution in [0.1, 0.15) is 12.0 Å². The number of hydrogen-bond donors (Lipinski definition) is 1. The normalized spacial score (nSPS) is 24.1. The van der Waals surface area contributed by atoms with Crippen LogP contribution in [0.15, 0.2) is 24.5 Å². The van der Waals surface area contributed by atoms with Gasteiger partial charge in [-0.1, -0.05) is 11.8 Å². The van der Waals surface area contributed by atoms with E-state index in [0.717, 1.165) is 5.56 Å². The lowest BCUT2D eigenvalue weighted by Crippen LogP contribution is -2.37. The fourth-order valence-corrected chi connectivity index (χ4v) is 1.58. The molecule has 0 radical (unpaired) electrons. The van der Waals surface area contributed by atoms with Gasteiger partial charge in [-0.2, -0.15) is 0 Å². The number of hydrogen-bond acceptors (Lipinski definition) is 3. The van der Waals surface area contributed by atoms with Gasteiger partial charge in [0.2, 0.25) is 5.60 Å². The molecule has 2 rings (SSSR count). The summed E-state index contributed by atoms with van der Waals surface area (Å²) in [5, 5.41) is 10.0. The van der Waals surface area contributed by atoms with Crippen LogP contribution >= 0.6 is 0 Å². The molecule has 1 atom stereocenters. The number of likely N-dealkylation sites (tertiary alicyclic amines) is 1. The average molecular weight is 216 g/mol. The summed E-state index contributed by atoms with van der Waals surface area (Å²) in [6.07, 6.45) is 3.60. The van der Waals surface area contributed by atoms with Crippen molar-refractivity contribution in [1.29, 1.82) is 0 Å². The molecule has 16 heavy (non-hydrogen) atoms. The predicted molar refractivity (Wildman–Crippen MR) is 58.3 cm³/mol. The molecule has 1 aromatic heterocycles. The van der Waals surface area contributed by atoms with Crippen LogP contribution in [-0.2, 0) is 4.79 Å². The van der Waals surface area contributed by atoms with Gasteiger partial charge in [-0.15, -0.1) is 0 Å². The van der Waals surface area contributed by atoms with Gasteiger partial charge >= 0.3 is 0 Å². The molecule has 0 spiro atoms. The second kappa shape index (κ2) is 3.95. The molecule has 2 heterocycles. The zero-order valence-corrected chi connectivity index (χ0v) is 8.97. The molecule has 4 heteroatoms. The monoisotopic (exact) mass is 216 g/mol. The van der Waals surface area contributed by atoms with Gasteiger partial charge in [-0.3, -0.25) is 9.78 Å². The Kier molecular flexibility index (Phi) is 2.63. The Balaban J connectivity index is 2.23. The molecule has 4 nitrogen and oxygen atoms in total. The first kappa shape index (κ1) is 10.7. The maximum Gasteiger partial charge on any atom is 0.267 e. The highest BCUT2D eigenvalue weighted by Crippen LogP contribution is 2.20. The molecule has 1 saturated heterocycles. The molecule has 1 fully saturated rings. The van der Waals surface area contributed by atoms with Crippen molar-refractivity contribution < 1.29 is 9.90 Å². The Morgan fingerprint density at radius 3 is 2.75 bits per heavy atom. The predicted octanol–water partition coefficient (Wildman–Crippen LogP) is 0.0263. The van der Waals surface area contributed by atoms with Gasteiger partial charge in [0, 0.05) is 38.0 Å². The number of nitrogens with zero attached hydrogens (tertiary/aromatic N) is 2. The lowest BCUT2D eigenvalue weighted by atomic mass is 10.0. The van der Waals surface area contributed by atoms with Gasteiger partial charge in [0.05, 0.1) is 0 Å². The lowest BCUT2D eigenvalue weighted by molar-refractivity contribution is -0.137. The number of aliphatic hydroxyl groups is 1. The third-order valence-corrected chi connectivity index (χ3v) is 2.60. The van der Waals surface area contributed by atoms with E-state index in [1.165, 1.54) is 4.90 Å². The highest BCUT2D eigenvalue weighted by atomic mass is 16.3. The quantitative estimate of drug-likeness (QED) is 0.622. The smallest absolute Gasteiger partial charge is 0.267 e. The fourth-order valence-electron chi connectivity index (χ4n) is 1.58. The van der Waals surface area contributed by atoms with Crippen LogP contribution in [0.4, 0.5) is 0 Å². The maximum atomic E-state index is 11.6. The first-order valence-corrected chi connectivity index (χ1v) is 5.03. The van der Waals surface area contributed by atoms with Gasteiger partial charge in [-0.25, -0.2) is 0 Å². The van der Waals surface area contributed by atoms with Crippen molar-refractivity contribution in [3.8, 4) is 11.8 Å². The van der Waals surface area contributed by atoms with Crippen molar-refractivity contribution in [3.05, 3.63) is 30.1 Å². The van der Waals surface area contributed by atoms with Crippen molar-refractivity contribution in [2.45, 2.75) is 12.0 Å². The summed E-state index contributed by atoms with van der Waals surface area (Å²) in [5.41, 5.74) is -0.774. The molecule has 1 aliphatic heterocycles. The molecule has 0 aromatic carbocycles. The first-order chi connectivity index (χ1) is 7.62. The molecule has 0 unspecified atom stereocenters. The van der Waals surface area contributed by atoms with E-state index >= 15 is 0 Å². The third kappa shape index (κ3) is 1.90. The van der Waals surface area contributed by atoms with E-state index in [4.69, 9.17) is 0 Å². The summed E-state index contributed by atoms with van der Waals surface area (Å²) < 4.78 is 0. The Labute approximate surface area is 93.9 Å². The molecule has 0 bridgehead atoms. The Hall–Kier alpha value is -1.86. The number of likely N-dealkylation sites (N-methyl/N-ethyl adjacent to an activating group) is 1. The Morgan fingerprint density at radius 1 is 1.50 bits per heavy atom. The van der Waals surface area contributed by atoms with Crippen LogP contribution in [0, 0.1) is 11.8 Å². The van der Waals surface area contributed by atoms with Gasteiger partial charge < -0.3 is 10.0 Å². The highest BCUT2D eigenvalue weighted by Gasteiger charge is 2.42. The van der Waals surface area contributed by atoms with E-state index in [1.807, 2.05) is 0 Å². The summed E-state index contributed by atoms with van der Waals surface area (Å²) in [5.74, 6) is 5.11. The van der Waals surface area contributed by atoms with E-state index in [0.29, 0.717) is 13.0 Å². The number of pyridine rings is 1. The summed E-state index contributed by atoms with van der Waals surface area (Å²) in [6.45, 7) is 0.542. The standard InChI is InChI=1S/C12H12N2O2/c1-14-9-6-12(16,11(14)15)5-2-10-3-7-13-8-4-10/h3-4,7-8,16H,6,9H2,1H3/t12-/m0/s1. The van der Waals surface area contributed by atoms with E-state index in [9.17, 15) is 9.90 Å². The number of rotatable bonds is 0. The van der Waals surface area contributed by atoms with E-state index < -0.39 is 5.60 Å². The molecular formula is C12H12N2O2. The molecule has 0 saturated carbocycles. The molecular weight excluding hydrogens is 204 g/mol. The largest absolute Gasteiger partial charge is 0.369 e. The first-order valence-electron chi connectivity index (χ1n) is 5.03. The molecule has 0 aliphatic carbocycles. The zero-order chi connectivity index (χ0) is 11.6. The summed E-state index contributed by atoms with van der Waals surface area (Å²) in [4.78, 5) is 17.0. The average Bonchev–Trinajstić information content (AvgIpc) is 2.57. The number of amides is 1. The summed E-state index contributed by atoms with van der Waals surface area (Å²) in [7, 11) is 1.66. The minimum absolute atomic E-state index is 0.325. The van der Waals surface area contributed by atoms with Crippen LogP contribution < -0.4 is 0 Å². The van der Waals surface area contributed by atoms with Gasteiger partial charge in [0.15, 0.2) is 0 Å². The second-order valence-corrected chi connectivity index (χ2v) is 3.82. The third-order valence-electron chi connectivity index (χ3n) is 2.60. The fraction of sp³-hybridized carbons (Fsp3) is 0.333. The van der Waals surface area contributed by atoms with Crippen LogP contribution in [0.5, 0.6) is 0 Å². The van der Waals surface area contributed by atoms with E-state index in [2.05, 4.69) is 16.8 Å². The maximum absolute atomic E-state index is 11.6. The molecule has 1 amide bonds. The van der Waals surface area contributed by atoms with Crippen LogP contribution in [-0.4, -0.2) is 40.1 Å². The SMILES string of the molecule is CN1CC[C@@](O)(C#Cc2ccncc2)C1=O. The summed E-state index contributed by atoms with van der Waals surface area (Å²) >= 11 is 0. The Bertz CT molecular complexity index is 461. The topological polar surface area (TPSA) is 53.4 Å². The molecule has 1 aromatic rings. The van der Waals surface area contributed by atoms with Gasteiger partial charge in [-0.05, 0) is 12.1 Å². The second-order valence-electron chi connectivity index (χ2n) is 3.82. The highest BCUT2D eigenvalue weighted by molar-refractivity contribution is 5.90. The lowest BCUT2D eigenvalue weighted by Gasteiger charge is -2.13. The van der Waals surface area contributed by atoms with E-state index in [1.54, 1.807) is 31.6 Å². The number of aromatic nitrogens is 1. The van der Waals surface area contributed by atoms with Crippen molar-refractivity contribution in [1.82, 2.24) is 9.88 Å².